The molecule has 2 N–H and O–H groups in total. The van der Waals surface area contributed by atoms with Crippen molar-refractivity contribution in [2.45, 2.75) is 27.2 Å². The fourth-order valence-electron chi connectivity index (χ4n) is 1.27. The van der Waals surface area contributed by atoms with Crippen molar-refractivity contribution in [3.8, 4) is 0 Å². The number of anilines is 1. The number of rotatable bonds is 5. The van der Waals surface area contributed by atoms with Gasteiger partial charge in [0.1, 0.15) is 4.88 Å². The van der Waals surface area contributed by atoms with Gasteiger partial charge in [0.25, 0.3) is 5.91 Å². The number of amides is 1. The largest absolute Gasteiger partial charge is 0.365 e. The normalized spacial score (nSPS) is 10.6. The molecule has 0 aliphatic carbocycles. The standard InChI is InChI=1S/C11H19N3OS/c1-7(2)5-6-13-10(15)9-8(3)14-11(12-4)16-9/h7H,5-6H2,1-4H3,(H,12,14)(H,13,15). The summed E-state index contributed by atoms with van der Waals surface area (Å²) in [6.45, 7) is 6.86. The Hall–Kier alpha value is -1.10. The van der Waals surface area contributed by atoms with Crippen molar-refractivity contribution in [3.63, 3.8) is 0 Å². The third kappa shape index (κ3) is 3.48. The molecule has 1 aromatic rings. The van der Waals surface area contributed by atoms with Gasteiger partial charge in [0.15, 0.2) is 5.13 Å². The summed E-state index contributed by atoms with van der Waals surface area (Å²) in [6, 6.07) is 0. The van der Waals surface area contributed by atoms with Crippen LogP contribution in [0.15, 0.2) is 0 Å². The quantitative estimate of drug-likeness (QED) is 0.831. The molecule has 16 heavy (non-hydrogen) atoms. The Balaban J connectivity index is 2.55. The second-order valence-corrected chi connectivity index (χ2v) is 5.12. The molecule has 0 fully saturated rings. The number of aryl methyl sites for hydroxylation is 1. The van der Waals surface area contributed by atoms with Gasteiger partial charge in [-0.2, -0.15) is 0 Å². The first-order valence-electron chi connectivity index (χ1n) is 5.48. The molecule has 1 heterocycles. The number of carbonyl (C=O) groups is 1. The molecule has 0 atom stereocenters. The van der Waals surface area contributed by atoms with Gasteiger partial charge >= 0.3 is 0 Å². The van der Waals surface area contributed by atoms with E-state index in [0.29, 0.717) is 10.8 Å². The van der Waals surface area contributed by atoms with Crippen molar-refractivity contribution in [1.82, 2.24) is 10.3 Å². The summed E-state index contributed by atoms with van der Waals surface area (Å²) in [4.78, 5) is 16.7. The van der Waals surface area contributed by atoms with E-state index in [-0.39, 0.29) is 5.91 Å². The second kappa shape index (κ2) is 5.84. The average Bonchev–Trinajstić information content (AvgIpc) is 2.59. The van der Waals surface area contributed by atoms with Gasteiger partial charge in [-0.05, 0) is 19.3 Å². The van der Waals surface area contributed by atoms with Crippen LogP contribution in [0.4, 0.5) is 5.13 Å². The summed E-state index contributed by atoms with van der Waals surface area (Å²) < 4.78 is 0. The highest BCUT2D eigenvalue weighted by molar-refractivity contribution is 7.17. The van der Waals surface area contributed by atoms with Crippen LogP contribution < -0.4 is 10.6 Å². The molecule has 1 amide bonds. The number of aromatic nitrogens is 1. The van der Waals surface area contributed by atoms with Gasteiger partial charge in [0.2, 0.25) is 0 Å². The third-order valence-corrected chi connectivity index (χ3v) is 3.40. The van der Waals surface area contributed by atoms with Crippen LogP contribution in [0, 0.1) is 12.8 Å². The lowest BCUT2D eigenvalue weighted by molar-refractivity contribution is 0.0955. The molecule has 0 bridgehead atoms. The van der Waals surface area contributed by atoms with Gasteiger partial charge in [-0.15, -0.1) is 0 Å². The number of hydrogen-bond donors (Lipinski definition) is 2. The van der Waals surface area contributed by atoms with Crippen LogP contribution in [0.3, 0.4) is 0 Å². The van der Waals surface area contributed by atoms with Crippen molar-refractivity contribution in [2.75, 3.05) is 18.9 Å². The van der Waals surface area contributed by atoms with E-state index in [1.54, 1.807) is 7.05 Å². The van der Waals surface area contributed by atoms with Crippen LogP contribution in [0.5, 0.6) is 0 Å². The summed E-state index contributed by atoms with van der Waals surface area (Å²) in [7, 11) is 1.80. The zero-order valence-electron chi connectivity index (χ0n) is 10.3. The predicted octanol–water partition coefficient (Wildman–Crippen LogP) is 2.27. The molecular formula is C11H19N3OS. The molecule has 0 aromatic carbocycles. The number of hydrogen-bond acceptors (Lipinski definition) is 4. The Bertz CT molecular complexity index is 360. The first-order chi connectivity index (χ1) is 7.54. The maximum Gasteiger partial charge on any atom is 0.263 e. The molecule has 1 aromatic heterocycles. The number of thiazole rings is 1. The minimum absolute atomic E-state index is 0.0165. The SMILES string of the molecule is CNc1nc(C)c(C(=O)NCCC(C)C)s1. The number of nitrogens with one attached hydrogen (secondary N) is 2. The van der Waals surface area contributed by atoms with E-state index in [2.05, 4.69) is 29.5 Å². The Morgan fingerprint density at radius 1 is 1.50 bits per heavy atom. The number of nitrogens with zero attached hydrogens (tertiary/aromatic N) is 1. The van der Waals surface area contributed by atoms with Crippen molar-refractivity contribution in [3.05, 3.63) is 10.6 Å². The van der Waals surface area contributed by atoms with E-state index in [0.717, 1.165) is 23.8 Å². The predicted molar refractivity (Wildman–Crippen MR) is 68.2 cm³/mol. The topological polar surface area (TPSA) is 54.0 Å². The molecule has 5 heteroatoms. The van der Waals surface area contributed by atoms with Crippen molar-refractivity contribution >= 4 is 22.4 Å². The van der Waals surface area contributed by atoms with Gasteiger partial charge in [0.05, 0.1) is 5.69 Å². The maximum atomic E-state index is 11.8. The lowest BCUT2D eigenvalue weighted by atomic mass is 10.1. The lowest BCUT2D eigenvalue weighted by Crippen LogP contribution is -2.25. The highest BCUT2D eigenvalue weighted by Crippen LogP contribution is 2.21. The second-order valence-electron chi connectivity index (χ2n) is 4.12. The van der Waals surface area contributed by atoms with E-state index in [1.165, 1.54) is 11.3 Å². The molecule has 0 aliphatic rings. The summed E-state index contributed by atoms with van der Waals surface area (Å²) in [5, 5.41) is 6.64. The average molecular weight is 241 g/mol. The Kier molecular flexibility index (Phi) is 4.73. The smallest absolute Gasteiger partial charge is 0.263 e. The van der Waals surface area contributed by atoms with Crippen LogP contribution in [-0.2, 0) is 0 Å². The highest BCUT2D eigenvalue weighted by Gasteiger charge is 2.14. The molecule has 0 spiro atoms. The van der Waals surface area contributed by atoms with E-state index in [4.69, 9.17) is 0 Å². The van der Waals surface area contributed by atoms with E-state index in [9.17, 15) is 4.79 Å². The molecule has 0 unspecified atom stereocenters. The maximum absolute atomic E-state index is 11.8. The first kappa shape index (κ1) is 13.0. The van der Waals surface area contributed by atoms with Crippen LogP contribution in [0.1, 0.15) is 35.6 Å². The first-order valence-corrected chi connectivity index (χ1v) is 6.29. The van der Waals surface area contributed by atoms with Crippen molar-refractivity contribution in [2.24, 2.45) is 5.92 Å². The van der Waals surface area contributed by atoms with Gasteiger partial charge in [-0.25, -0.2) is 4.98 Å². The Labute approximate surface area is 100 Å². The molecule has 0 radical (unpaired) electrons. The van der Waals surface area contributed by atoms with Crippen LogP contribution >= 0.6 is 11.3 Å². The molecule has 0 saturated carbocycles. The zero-order valence-corrected chi connectivity index (χ0v) is 11.1. The summed E-state index contributed by atoms with van der Waals surface area (Å²) >= 11 is 1.39. The fraction of sp³-hybridized carbons (Fsp3) is 0.636. The van der Waals surface area contributed by atoms with Gasteiger partial charge < -0.3 is 10.6 Å². The Morgan fingerprint density at radius 2 is 2.19 bits per heavy atom. The van der Waals surface area contributed by atoms with Crippen LogP contribution in [0.2, 0.25) is 0 Å². The summed E-state index contributed by atoms with van der Waals surface area (Å²) in [5.41, 5.74) is 0.788. The molecule has 4 nitrogen and oxygen atoms in total. The zero-order chi connectivity index (χ0) is 12.1. The monoisotopic (exact) mass is 241 g/mol. The molecule has 90 valence electrons. The number of carbonyl (C=O) groups excluding carboxylic acids is 1. The van der Waals surface area contributed by atoms with E-state index >= 15 is 0 Å². The van der Waals surface area contributed by atoms with Gasteiger partial charge in [-0.1, -0.05) is 25.2 Å². The Morgan fingerprint density at radius 3 is 2.69 bits per heavy atom. The van der Waals surface area contributed by atoms with Crippen LogP contribution in [0.25, 0.3) is 0 Å². The minimum atomic E-state index is -0.0165. The van der Waals surface area contributed by atoms with Gasteiger partial charge in [0, 0.05) is 13.6 Å². The molecule has 0 aliphatic heterocycles. The fourth-order valence-corrected chi connectivity index (χ4v) is 2.10. The van der Waals surface area contributed by atoms with Gasteiger partial charge in [-0.3, -0.25) is 4.79 Å². The third-order valence-electron chi connectivity index (χ3n) is 2.22. The minimum Gasteiger partial charge on any atom is -0.365 e. The molecule has 0 saturated heterocycles. The molecular weight excluding hydrogens is 222 g/mol. The highest BCUT2D eigenvalue weighted by atomic mass is 32.1. The molecule has 1 rings (SSSR count). The van der Waals surface area contributed by atoms with Crippen molar-refractivity contribution in [1.29, 1.82) is 0 Å². The summed E-state index contributed by atoms with van der Waals surface area (Å²) in [6.07, 6.45) is 1.00. The van der Waals surface area contributed by atoms with E-state index < -0.39 is 0 Å². The lowest BCUT2D eigenvalue weighted by Gasteiger charge is -2.05. The van der Waals surface area contributed by atoms with Crippen molar-refractivity contribution < 1.29 is 4.79 Å². The summed E-state index contributed by atoms with van der Waals surface area (Å²) in [5.74, 6) is 0.591. The van der Waals surface area contributed by atoms with E-state index in [1.807, 2.05) is 6.92 Å². The van der Waals surface area contributed by atoms with Crippen LogP contribution in [-0.4, -0.2) is 24.5 Å².